The van der Waals surface area contributed by atoms with Gasteiger partial charge in [0.2, 0.25) is 5.91 Å². The van der Waals surface area contributed by atoms with Crippen LogP contribution in [-0.4, -0.2) is 16.8 Å². The van der Waals surface area contributed by atoms with Crippen LogP contribution in [0.4, 0.5) is 11.4 Å². The standard InChI is InChI=1S/C20H19N3O2/c1-12-4-9-19-17(10-12)18(11-13(2)21-19)20(25)23-16-7-5-15(6-8-16)22-14(3)24/h4-11H,1-3H3,(H,22,24)(H,23,25). The molecule has 126 valence electrons. The summed E-state index contributed by atoms with van der Waals surface area (Å²) in [5.41, 5.74) is 4.61. The highest BCUT2D eigenvalue weighted by Crippen LogP contribution is 2.22. The number of aryl methyl sites for hydroxylation is 2. The highest BCUT2D eigenvalue weighted by molar-refractivity contribution is 6.12. The highest BCUT2D eigenvalue weighted by atomic mass is 16.2. The van der Waals surface area contributed by atoms with E-state index in [-0.39, 0.29) is 11.8 Å². The summed E-state index contributed by atoms with van der Waals surface area (Å²) in [5, 5.41) is 6.42. The van der Waals surface area contributed by atoms with Crippen LogP contribution in [0.1, 0.15) is 28.5 Å². The number of hydrogen-bond acceptors (Lipinski definition) is 3. The molecule has 1 heterocycles. The third kappa shape index (κ3) is 3.83. The van der Waals surface area contributed by atoms with Crippen LogP contribution in [0.2, 0.25) is 0 Å². The lowest BCUT2D eigenvalue weighted by Crippen LogP contribution is -2.13. The number of pyridine rings is 1. The molecule has 0 saturated carbocycles. The number of nitrogens with zero attached hydrogens (tertiary/aromatic N) is 1. The fourth-order valence-electron chi connectivity index (χ4n) is 2.70. The van der Waals surface area contributed by atoms with Crippen molar-refractivity contribution in [3.05, 3.63) is 65.4 Å². The van der Waals surface area contributed by atoms with Gasteiger partial charge < -0.3 is 10.6 Å². The molecule has 0 bridgehead atoms. The lowest BCUT2D eigenvalue weighted by molar-refractivity contribution is -0.114. The van der Waals surface area contributed by atoms with Crippen LogP contribution < -0.4 is 10.6 Å². The molecule has 25 heavy (non-hydrogen) atoms. The third-order valence-corrected chi connectivity index (χ3v) is 3.80. The molecule has 0 aliphatic rings. The highest BCUT2D eigenvalue weighted by Gasteiger charge is 2.12. The first kappa shape index (κ1) is 16.6. The minimum Gasteiger partial charge on any atom is -0.326 e. The van der Waals surface area contributed by atoms with Gasteiger partial charge in [-0.05, 0) is 56.3 Å². The van der Waals surface area contributed by atoms with Gasteiger partial charge in [0.1, 0.15) is 0 Å². The number of anilines is 2. The number of carbonyl (C=O) groups excluding carboxylic acids is 2. The molecular weight excluding hydrogens is 314 g/mol. The van der Waals surface area contributed by atoms with Crippen LogP contribution >= 0.6 is 0 Å². The smallest absolute Gasteiger partial charge is 0.256 e. The van der Waals surface area contributed by atoms with E-state index in [2.05, 4.69) is 15.6 Å². The number of nitrogens with one attached hydrogen (secondary N) is 2. The zero-order valence-corrected chi connectivity index (χ0v) is 14.4. The van der Waals surface area contributed by atoms with Crippen molar-refractivity contribution in [2.45, 2.75) is 20.8 Å². The first-order chi connectivity index (χ1) is 11.9. The molecule has 0 unspecified atom stereocenters. The average molecular weight is 333 g/mol. The second-order valence-corrected chi connectivity index (χ2v) is 6.04. The van der Waals surface area contributed by atoms with Crippen molar-refractivity contribution in [1.29, 1.82) is 0 Å². The van der Waals surface area contributed by atoms with E-state index >= 15 is 0 Å². The summed E-state index contributed by atoms with van der Waals surface area (Å²) in [5.74, 6) is -0.320. The summed E-state index contributed by atoms with van der Waals surface area (Å²) in [7, 11) is 0. The van der Waals surface area contributed by atoms with Crippen LogP contribution in [0, 0.1) is 13.8 Å². The van der Waals surface area contributed by atoms with E-state index in [9.17, 15) is 9.59 Å². The Kier molecular flexibility index (Phi) is 4.48. The molecule has 0 fully saturated rings. The Hall–Kier alpha value is -3.21. The average Bonchev–Trinajstić information content (AvgIpc) is 2.56. The Morgan fingerprint density at radius 1 is 0.880 bits per heavy atom. The molecule has 2 amide bonds. The zero-order chi connectivity index (χ0) is 18.0. The van der Waals surface area contributed by atoms with Gasteiger partial charge in [0.25, 0.3) is 5.91 Å². The number of rotatable bonds is 3. The van der Waals surface area contributed by atoms with Gasteiger partial charge in [-0.1, -0.05) is 11.6 Å². The van der Waals surface area contributed by atoms with E-state index in [1.54, 1.807) is 30.3 Å². The minimum absolute atomic E-state index is 0.133. The van der Waals surface area contributed by atoms with E-state index in [0.717, 1.165) is 22.2 Å². The molecule has 3 rings (SSSR count). The summed E-state index contributed by atoms with van der Waals surface area (Å²) >= 11 is 0. The Bertz CT molecular complexity index is 963. The van der Waals surface area contributed by atoms with Gasteiger partial charge in [0.15, 0.2) is 0 Å². The maximum absolute atomic E-state index is 12.7. The van der Waals surface area contributed by atoms with Gasteiger partial charge in [-0.2, -0.15) is 0 Å². The first-order valence-corrected chi connectivity index (χ1v) is 7.99. The molecule has 0 atom stereocenters. The monoisotopic (exact) mass is 333 g/mol. The van der Waals surface area contributed by atoms with Crippen molar-refractivity contribution in [1.82, 2.24) is 4.98 Å². The Labute approximate surface area is 146 Å². The van der Waals surface area contributed by atoms with Gasteiger partial charge in [0.05, 0.1) is 11.1 Å². The van der Waals surface area contributed by atoms with Gasteiger partial charge >= 0.3 is 0 Å². The molecular formula is C20H19N3O2. The summed E-state index contributed by atoms with van der Waals surface area (Å²) in [6, 6.07) is 14.7. The summed E-state index contributed by atoms with van der Waals surface area (Å²) < 4.78 is 0. The lowest BCUT2D eigenvalue weighted by atomic mass is 10.0. The van der Waals surface area contributed by atoms with E-state index < -0.39 is 0 Å². The van der Waals surface area contributed by atoms with Gasteiger partial charge in [-0.3, -0.25) is 14.6 Å². The van der Waals surface area contributed by atoms with E-state index in [4.69, 9.17) is 0 Å². The largest absolute Gasteiger partial charge is 0.326 e. The van der Waals surface area contributed by atoms with Crippen molar-refractivity contribution in [3.63, 3.8) is 0 Å². The molecule has 0 aliphatic heterocycles. The fourth-order valence-corrected chi connectivity index (χ4v) is 2.70. The SMILES string of the molecule is CC(=O)Nc1ccc(NC(=O)c2cc(C)nc3ccc(C)cc23)cc1. The van der Waals surface area contributed by atoms with Gasteiger partial charge in [-0.25, -0.2) is 0 Å². The number of aromatic nitrogens is 1. The predicted molar refractivity (Wildman–Crippen MR) is 99.9 cm³/mol. The Balaban J connectivity index is 1.89. The predicted octanol–water partition coefficient (Wildman–Crippen LogP) is 4.06. The van der Waals surface area contributed by atoms with Crippen LogP contribution in [-0.2, 0) is 4.79 Å². The maximum atomic E-state index is 12.7. The normalized spacial score (nSPS) is 10.5. The molecule has 0 aliphatic carbocycles. The molecule has 2 aromatic carbocycles. The lowest BCUT2D eigenvalue weighted by Gasteiger charge is -2.10. The van der Waals surface area contributed by atoms with Crippen LogP contribution in [0.25, 0.3) is 10.9 Å². The zero-order valence-electron chi connectivity index (χ0n) is 14.4. The molecule has 5 heteroatoms. The summed E-state index contributed by atoms with van der Waals surface area (Å²) in [6.45, 7) is 5.31. The topological polar surface area (TPSA) is 71.1 Å². The number of amides is 2. The summed E-state index contributed by atoms with van der Waals surface area (Å²) in [6.07, 6.45) is 0. The summed E-state index contributed by atoms with van der Waals surface area (Å²) in [4.78, 5) is 28.3. The van der Waals surface area contributed by atoms with Crippen molar-refractivity contribution in [3.8, 4) is 0 Å². The van der Waals surface area contributed by atoms with E-state index in [1.165, 1.54) is 6.92 Å². The molecule has 3 aromatic rings. The molecule has 0 saturated heterocycles. The second kappa shape index (κ2) is 6.73. The molecule has 0 spiro atoms. The quantitative estimate of drug-likeness (QED) is 0.759. The van der Waals surface area contributed by atoms with Crippen molar-refractivity contribution in [2.24, 2.45) is 0 Å². The van der Waals surface area contributed by atoms with E-state index in [0.29, 0.717) is 16.9 Å². The Morgan fingerprint density at radius 3 is 2.16 bits per heavy atom. The minimum atomic E-state index is -0.187. The number of carbonyl (C=O) groups is 2. The fraction of sp³-hybridized carbons (Fsp3) is 0.150. The second-order valence-electron chi connectivity index (χ2n) is 6.04. The third-order valence-electron chi connectivity index (χ3n) is 3.80. The van der Waals surface area contributed by atoms with Crippen molar-refractivity contribution in [2.75, 3.05) is 10.6 Å². The number of fused-ring (bicyclic) bond motifs is 1. The van der Waals surface area contributed by atoms with Gasteiger partial charge in [0, 0.05) is 29.4 Å². The molecule has 5 nitrogen and oxygen atoms in total. The van der Waals surface area contributed by atoms with Gasteiger partial charge in [-0.15, -0.1) is 0 Å². The first-order valence-electron chi connectivity index (χ1n) is 7.99. The van der Waals surface area contributed by atoms with Crippen LogP contribution in [0.5, 0.6) is 0 Å². The van der Waals surface area contributed by atoms with Crippen LogP contribution in [0.15, 0.2) is 48.5 Å². The number of hydrogen-bond donors (Lipinski definition) is 2. The Morgan fingerprint density at radius 2 is 1.52 bits per heavy atom. The van der Waals surface area contributed by atoms with Crippen molar-refractivity contribution >= 4 is 34.1 Å². The molecule has 1 aromatic heterocycles. The van der Waals surface area contributed by atoms with Crippen LogP contribution in [0.3, 0.4) is 0 Å². The van der Waals surface area contributed by atoms with Crippen molar-refractivity contribution < 1.29 is 9.59 Å². The molecule has 0 radical (unpaired) electrons. The number of benzene rings is 2. The van der Waals surface area contributed by atoms with E-state index in [1.807, 2.05) is 32.0 Å². The maximum Gasteiger partial charge on any atom is 0.256 e. The molecule has 2 N–H and O–H groups in total.